The molecule has 2 fully saturated rings. The second-order valence-electron chi connectivity index (χ2n) is 7.86. The summed E-state index contributed by atoms with van der Waals surface area (Å²) in [6, 6.07) is 7.42. The van der Waals surface area contributed by atoms with Crippen molar-refractivity contribution in [3.63, 3.8) is 0 Å². The van der Waals surface area contributed by atoms with Gasteiger partial charge in [-0.1, -0.05) is 12.1 Å². The van der Waals surface area contributed by atoms with Crippen molar-refractivity contribution in [2.45, 2.75) is 19.9 Å². The van der Waals surface area contributed by atoms with Crippen LogP contribution in [0.5, 0.6) is 0 Å². The van der Waals surface area contributed by atoms with E-state index in [0.29, 0.717) is 17.4 Å². The molecule has 1 amide bonds. The zero-order chi connectivity index (χ0) is 20.4. The summed E-state index contributed by atoms with van der Waals surface area (Å²) in [7, 11) is 0. The summed E-state index contributed by atoms with van der Waals surface area (Å²) in [4.78, 5) is 26.0. The van der Waals surface area contributed by atoms with Crippen LogP contribution in [0, 0.1) is 5.82 Å². The Morgan fingerprint density at radius 3 is 2.31 bits per heavy atom. The number of amides is 1. The van der Waals surface area contributed by atoms with Crippen LogP contribution in [0.1, 0.15) is 24.3 Å². The molecule has 2 saturated heterocycles. The number of anilines is 2. The molecule has 0 N–H and O–H groups in total. The second-order valence-corrected chi connectivity index (χ2v) is 8.70. The van der Waals surface area contributed by atoms with Crippen LogP contribution >= 0.6 is 11.3 Å². The lowest BCUT2D eigenvalue weighted by Gasteiger charge is -2.36. The fourth-order valence-corrected chi connectivity index (χ4v) is 4.81. The molecule has 0 saturated carbocycles. The highest BCUT2D eigenvalue weighted by molar-refractivity contribution is 7.13. The summed E-state index contributed by atoms with van der Waals surface area (Å²) in [6.07, 6.45) is 0. The number of rotatable bonds is 4. The van der Waals surface area contributed by atoms with Gasteiger partial charge in [0.05, 0.1) is 5.69 Å². The molecule has 1 aromatic heterocycles. The van der Waals surface area contributed by atoms with Gasteiger partial charge in [0.2, 0.25) is 0 Å². The molecule has 0 aliphatic carbocycles. The van der Waals surface area contributed by atoms with E-state index in [2.05, 4.69) is 33.5 Å². The van der Waals surface area contributed by atoms with E-state index in [4.69, 9.17) is 0 Å². The third-order valence-corrected chi connectivity index (χ3v) is 6.69. The molecule has 0 bridgehead atoms. The lowest BCUT2D eigenvalue weighted by molar-refractivity contribution is 0.0591. The van der Waals surface area contributed by atoms with Gasteiger partial charge >= 0.3 is 0 Å². The van der Waals surface area contributed by atoms with Gasteiger partial charge in [0.15, 0.2) is 5.13 Å². The van der Waals surface area contributed by atoms with Crippen molar-refractivity contribution in [3.05, 3.63) is 41.2 Å². The molecule has 4 rings (SSSR count). The van der Waals surface area contributed by atoms with E-state index in [0.717, 1.165) is 57.5 Å². The Kier molecular flexibility index (Phi) is 6.01. The third kappa shape index (κ3) is 4.38. The number of thiazole rings is 1. The van der Waals surface area contributed by atoms with E-state index in [9.17, 15) is 9.18 Å². The molecule has 0 radical (unpaired) electrons. The van der Waals surface area contributed by atoms with E-state index in [1.165, 1.54) is 17.4 Å². The van der Waals surface area contributed by atoms with E-state index in [1.807, 2.05) is 22.4 Å². The number of hydrogen-bond donors (Lipinski definition) is 0. The van der Waals surface area contributed by atoms with Gasteiger partial charge in [-0.05, 0) is 26.0 Å². The number of benzene rings is 1. The monoisotopic (exact) mass is 417 g/mol. The maximum absolute atomic E-state index is 14.0. The van der Waals surface area contributed by atoms with E-state index >= 15 is 0 Å². The van der Waals surface area contributed by atoms with E-state index in [-0.39, 0.29) is 11.7 Å². The van der Waals surface area contributed by atoms with Crippen LogP contribution in [0.3, 0.4) is 0 Å². The topological polar surface area (TPSA) is 42.9 Å². The molecule has 3 heterocycles. The van der Waals surface area contributed by atoms with Crippen molar-refractivity contribution >= 4 is 28.1 Å². The van der Waals surface area contributed by atoms with Crippen LogP contribution in [0.15, 0.2) is 29.6 Å². The molecular weight excluding hydrogens is 389 g/mol. The Morgan fingerprint density at radius 2 is 1.66 bits per heavy atom. The number of nitrogens with zero attached hydrogens (tertiary/aromatic N) is 5. The van der Waals surface area contributed by atoms with Gasteiger partial charge in [-0.25, -0.2) is 9.37 Å². The number of piperazine rings is 2. The van der Waals surface area contributed by atoms with Crippen molar-refractivity contribution in [1.82, 2.24) is 14.8 Å². The zero-order valence-electron chi connectivity index (χ0n) is 17.1. The Balaban J connectivity index is 1.34. The van der Waals surface area contributed by atoms with Crippen molar-refractivity contribution in [2.75, 3.05) is 62.2 Å². The molecular formula is C21H28FN5OS. The van der Waals surface area contributed by atoms with Crippen LogP contribution in [0.4, 0.5) is 15.2 Å². The van der Waals surface area contributed by atoms with Crippen LogP contribution in [0.2, 0.25) is 0 Å². The Labute approximate surface area is 175 Å². The summed E-state index contributed by atoms with van der Waals surface area (Å²) >= 11 is 1.52. The van der Waals surface area contributed by atoms with Gasteiger partial charge in [-0.15, -0.1) is 11.3 Å². The van der Waals surface area contributed by atoms with Gasteiger partial charge < -0.3 is 14.7 Å². The first-order valence-corrected chi connectivity index (χ1v) is 11.1. The summed E-state index contributed by atoms with van der Waals surface area (Å²) in [5.74, 6) is -0.151. The molecule has 2 aromatic rings. The van der Waals surface area contributed by atoms with Crippen molar-refractivity contribution in [2.24, 2.45) is 0 Å². The highest BCUT2D eigenvalue weighted by Gasteiger charge is 2.26. The van der Waals surface area contributed by atoms with Crippen LogP contribution in [0.25, 0.3) is 0 Å². The van der Waals surface area contributed by atoms with Gasteiger partial charge in [0.25, 0.3) is 5.91 Å². The molecule has 8 heteroatoms. The molecule has 0 atom stereocenters. The molecule has 1 aromatic carbocycles. The lowest BCUT2D eigenvalue weighted by atomic mass is 10.2. The maximum atomic E-state index is 14.0. The van der Waals surface area contributed by atoms with Crippen LogP contribution < -0.4 is 9.80 Å². The van der Waals surface area contributed by atoms with Crippen LogP contribution in [-0.2, 0) is 0 Å². The average Bonchev–Trinajstić information content (AvgIpc) is 3.24. The third-order valence-electron chi connectivity index (χ3n) is 5.79. The number of carbonyl (C=O) groups is 1. The molecule has 6 nitrogen and oxygen atoms in total. The molecule has 0 unspecified atom stereocenters. The molecule has 2 aliphatic heterocycles. The minimum Gasteiger partial charge on any atom is -0.366 e. The first kappa shape index (κ1) is 20.1. The maximum Gasteiger partial charge on any atom is 0.273 e. The van der Waals surface area contributed by atoms with Crippen molar-refractivity contribution in [3.8, 4) is 0 Å². The number of carbonyl (C=O) groups excluding carboxylic acids is 1. The van der Waals surface area contributed by atoms with Gasteiger partial charge in [0.1, 0.15) is 11.5 Å². The molecule has 29 heavy (non-hydrogen) atoms. The van der Waals surface area contributed by atoms with Crippen molar-refractivity contribution in [1.29, 1.82) is 0 Å². The summed E-state index contributed by atoms with van der Waals surface area (Å²) in [6.45, 7) is 10.7. The normalized spacial score (nSPS) is 18.6. The van der Waals surface area contributed by atoms with Crippen molar-refractivity contribution < 1.29 is 9.18 Å². The van der Waals surface area contributed by atoms with Gasteiger partial charge in [-0.2, -0.15) is 0 Å². The number of hydrogen-bond acceptors (Lipinski definition) is 6. The average molecular weight is 418 g/mol. The summed E-state index contributed by atoms with van der Waals surface area (Å²) < 4.78 is 14.0. The second kappa shape index (κ2) is 8.67. The SMILES string of the molecule is CC(C)N1CCN(C(=O)c2csc(N3CCN(c4ccccc4F)CC3)n2)CC1. The van der Waals surface area contributed by atoms with Crippen LogP contribution in [-0.4, -0.2) is 79.1 Å². The van der Waals surface area contributed by atoms with E-state index in [1.54, 1.807) is 6.07 Å². The Hall–Kier alpha value is -2.19. The van der Waals surface area contributed by atoms with Gasteiger partial charge in [0, 0.05) is 63.8 Å². The quantitative estimate of drug-likeness (QED) is 0.765. The fraction of sp³-hybridized carbons (Fsp3) is 0.524. The molecule has 2 aliphatic rings. The Morgan fingerprint density at radius 1 is 1.00 bits per heavy atom. The molecule has 0 spiro atoms. The lowest BCUT2D eigenvalue weighted by Crippen LogP contribution is -2.50. The minimum absolute atomic E-state index is 0.0286. The largest absolute Gasteiger partial charge is 0.366 e. The van der Waals surface area contributed by atoms with Gasteiger partial charge in [-0.3, -0.25) is 9.69 Å². The number of halogens is 1. The smallest absolute Gasteiger partial charge is 0.273 e. The number of para-hydroxylation sites is 1. The zero-order valence-corrected chi connectivity index (χ0v) is 17.9. The summed E-state index contributed by atoms with van der Waals surface area (Å²) in [5, 5.41) is 2.75. The number of aromatic nitrogens is 1. The summed E-state index contributed by atoms with van der Waals surface area (Å²) in [5.41, 5.74) is 1.20. The standard InChI is InChI=1S/C21H28FN5OS/c1-16(2)24-7-11-26(12-8-24)20(28)18-15-29-21(23-18)27-13-9-25(10-14-27)19-6-4-3-5-17(19)22/h3-6,15-16H,7-14H2,1-2H3. The minimum atomic E-state index is -0.180. The van der Waals surface area contributed by atoms with E-state index < -0.39 is 0 Å². The highest BCUT2D eigenvalue weighted by atomic mass is 32.1. The predicted octanol–water partition coefficient (Wildman–Crippen LogP) is 2.78. The molecule has 156 valence electrons. The highest BCUT2D eigenvalue weighted by Crippen LogP contribution is 2.26. The first-order chi connectivity index (χ1) is 14.0. The first-order valence-electron chi connectivity index (χ1n) is 10.3. The predicted molar refractivity (Wildman–Crippen MR) is 116 cm³/mol. The fourth-order valence-electron chi connectivity index (χ4n) is 3.96. The Bertz CT molecular complexity index is 841.